The Kier molecular flexibility index (Phi) is 4.75. The first-order valence-electron chi connectivity index (χ1n) is 10.2. The number of benzene rings is 3. The fourth-order valence-corrected chi connectivity index (χ4v) is 3.91. The lowest BCUT2D eigenvalue weighted by Crippen LogP contribution is -2.43. The number of aromatic nitrogens is 3. The Bertz CT molecular complexity index is 1620. The van der Waals surface area contributed by atoms with Crippen LogP contribution >= 0.6 is 0 Å². The lowest BCUT2D eigenvalue weighted by atomic mass is 10.1. The molecule has 2 heterocycles. The third-order valence-corrected chi connectivity index (χ3v) is 5.57. The number of rotatable bonds is 3. The highest BCUT2D eigenvalue weighted by Crippen LogP contribution is 2.16. The second kappa shape index (κ2) is 7.74. The van der Waals surface area contributed by atoms with Crippen LogP contribution in [0.15, 0.2) is 94.5 Å². The van der Waals surface area contributed by atoms with Crippen LogP contribution in [0.5, 0.6) is 0 Å². The van der Waals surface area contributed by atoms with E-state index in [0.717, 1.165) is 21.2 Å². The number of aryl methyl sites for hydroxylation is 1. The SMILES string of the molecule is Cc1ccccc1C(=O)n1c(=O)c2cc3ccccc3nc2c(=O)n1Cc1ccccc1. The Morgan fingerprint density at radius 1 is 0.844 bits per heavy atom. The highest BCUT2D eigenvalue weighted by molar-refractivity contribution is 5.98. The van der Waals surface area contributed by atoms with Crippen LogP contribution in [0.25, 0.3) is 21.8 Å². The van der Waals surface area contributed by atoms with E-state index in [9.17, 15) is 14.4 Å². The molecule has 6 heteroatoms. The van der Waals surface area contributed by atoms with Crippen molar-refractivity contribution in [3.63, 3.8) is 0 Å². The summed E-state index contributed by atoms with van der Waals surface area (Å²) in [6.07, 6.45) is 0. The Morgan fingerprint density at radius 3 is 2.31 bits per heavy atom. The lowest BCUT2D eigenvalue weighted by Gasteiger charge is -2.16. The Labute approximate surface area is 183 Å². The highest BCUT2D eigenvalue weighted by atomic mass is 16.2. The molecular formula is C26H19N3O3. The maximum atomic E-state index is 13.6. The first-order valence-corrected chi connectivity index (χ1v) is 10.2. The number of carbonyl (C=O) groups is 1. The summed E-state index contributed by atoms with van der Waals surface area (Å²) in [4.78, 5) is 45.2. The summed E-state index contributed by atoms with van der Waals surface area (Å²) in [5.74, 6) is -0.545. The number of carbonyl (C=O) groups excluding carboxylic acids is 1. The van der Waals surface area contributed by atoms with Crippen molar-refractivity contribution >= 4 is 27.7 Å². The van der Waals surface area contributed by atoms with E-state index in [0.29, 0.717) is 11.1 Å². The quantitative estimate of drug-likeness (QED) is 0.416. The number of nitrogens with zero attached hydrogens (tertiary/aromatic N) is 3. The molecule has 0 aliphatic heterocycles. The van der Waals surface area contributed by atoms with Crippen molar-refractivity contribution in [2.75, 3.05) is 0 Å². The molecule has 0 saturated heterocycles. The summed E-state index contributed by atoms with van der Waals surface area (Å²) in [5, 5.41) is 0.854. The predicted octanol–water partition coefficient (Wildman–Crippen LogP) is 3.76. The largest absolute Gasteiger partial charge is 0.292 e. The molecule has 0 saturated carbocycles. The molecule has 0 atom stereocenters. The Morgan fingerprint density at radius 2 is 1.53 bits per heavy atom. The molecule has 5 rings (SSSR count). The Balaban J connectivity index is 1.86. The fraction of sp³-hybridized carbons (Fsp3) is 0.0769. The first kappa shape index (κ1) is 19.6. The van der Waals surface area contributed by atoms with Crippen molar-refractivity contribution in [2.24, 2.45) is 0 Å². The molecule has 3 aromatic carbocycles. The van der Waals surface area contributed by atoms with Crippen molar-refractivity contribution < 1.29 is 4.79 Å². The molecule has 6 nitrogen and oxygen atoms in total. The van der Waals surface area contributed by atoms with Gasteiger partial charge in [0, 0.05) is 10.9 Å². The van der Waals surface area contributed by atoms with Gasteiger partial charge in [0.05, 0.1) is 17.4 Å². The number of fused-ring (bicyclic) bond motifs is 2. The average molecular weight is 421 g/mol. The summed E-state index contributed by atoms with van der Waals surface area (Å²) in [7, 11) is 0. The summed E-state index contributed by atoms with van der Waals surface area (Å²) < 4.78 is 2.15. The molecule has 156 valence electrons. The minimum atomic E-state index is -0.568. The molecule has 0 N–H and O–H groups in total. The van der Waals surface area contributed by atoms with Gasteiger partial charge in [-0.05, 0) is 36.2 Å². The number of hydrogen-bond acceptors (Lipinski definition) is 4. The van der Waals surface area contributed by atoms with Crippen LogP contribution in [-0.4, -0.2) is 20.3 Å². The van der Waals surface area contributed by atoms with Gasteiger partial charge in [-0.2, -0.15) is 4.68 Å². The van der Waals surface area contributed by atoms with E-state index < -0.39 is 17.0 Å². The number of hydrogen-bond donors (Lipinski definition) is 0. The van der Waals surface area contributed by atoms with Gasteiger partial charge in [-0.1, -0.05) is 66.7 Å². The minimum Gasteiger partial charge on any atom is -0.267 e. The molecule has 0 radical (unpaired) electrons. The molecule has 2 aromatic heterocycles. The minimum absolute atomic E-state index is 0.0541. The van der Waals surface area contributed by atoms with Crippen molar-refractivity contribution in [1.82, 2.24) is 14.3 Å². The monoisotopic (exact) mass is 421 g/mol. The number of para-hydroxylation sites is 1. The van der Waals surface area contributed by atoms with Gasteiger partial charge in [0.2, 0.25) is 0 Å². The maximum absolute atomic E-state index is 13.6. The molecule has 0 bridgehead atoms. The highest BCUT2D eigenvalue weighted by Gasteiger charge is 2.22. The molecule has 5 aromatic rings. The van der Waals surface area contributed by atoms with E-state index in [4.69, 9.17) is 0 Å². The van der Waals surface area contributed by atoms with Crippen LogP contribution < -0.4 is 11.1 Å². The molecule has 0 amide bonds. The summed E-state index contributed by atoms with van der Waals surface area (Å²) in [6, 6.07) is 25.2. The van der Waals surface area contributed by atoms with Crippen LogP contribution in [0.4, 0.5) is 0 Å². The zero-order chi connectivity index (χ0) is 22.2. The van der Waals surface area contributed by atoms with E-state index >= 15 is 0 Å². The van der Waals surface area contributed by atoms with Crippen molar-refractivity contribution in [3.8, 4) is 0 Å². The average Bonchev–Trinajstić information content (AvgIpc) is 2.82. The third-order valence-electron chi connectivity index (χ3n) is 5.57. The molecule has 0 spiro atoms. The Hall–Kier alpha value is -4.32. The van der Waals surface area contributed by atoms with E-state index in [1.54, 1.807) is 37.3 Å². The maximum Gasteiger partial charge on any atom is 0.292 e. The summed E-state index contributed by atoms with van der Waals surface area (Å²) >= 11 is 0. The molecule has 0 aliphatic carbocycles. The van der Waals surface area contributed by atoms with Crippen LogP contribution in [0.2, 0.25) is 0 Å². The summed E-state index contributed by atoms with van der Waals surface area (Å²) in [6.45, 7) is 1.87. The molecule has 0 aliphatic rings. The molecular weight excluding hydrogens is 402 g/mol. The van der Waals surface area contributed by atoms with Gasteiger partial charge in [-0.25, -0.2) is 9.67 Å². The van der Waals surface area contributed by atoms with Crippen LogP contribution in [0.3, 0.4) is 0 Å². The van der Waals surface area contributed by atoms with Crippen molar-refractivity contribution in [3.05, 3.63) is 122 Å². The van der Waals surface area contributed by atoms with Crippen molar-refractivity contribution in [1.29, 1.82) is 0 Å². The van der Waals surface area contributed by atoms with Crippen LogP contribution in [0, 0.1) is 6.92 Å². The summed E-state index contributed by atoms with van der Waals surface area (Å²) in [5.41, 5.74) is 1.49. The second-order valence-electron chi connectivity index (χ2n) is 7.66. The van der Waals surface area contributed by atoms with Crippen LogP contribution in [-0.2, 0) is 6.54 Å². The lowest BCUT2D eigenvalue weighted by molar-refractivity contribution is 0.0919. The van der Waals surface area contributed by atoms with Crippen LogP contribution in [0.1, 0.15) is 21.5 Å². The van der Waals surface area contributed by atoms with Gasteiger partial charge >= 0.3 is 0 Å². The van der Waals surface area contributed by atoms with Gasteiger partial charge < -0.3 is 0 Å². The van der Waals surface area contributed by atoms with Gasteiger partial charge in [0.1, 0.15) is 5.52 Å². The standard InChI is InChI=1S/C26H19N3O3/c1-17-9-5-7-13-20(17)24(30)29-25(31)21-15-19-12-6-8-14-22(19)27-23(21)26(32)28(29)16-18-10-3-2-4-11-18/h2-15H,16H2,1H3. The van der Waals surface area contributed by atoms with Gasteiger partial charge in [0.15, 0.2) is 0 Å². The zero-order valence-electron chi connectivity index (χ0n) is 17.4. The first-order chi connectivity index (χ1) is 15.5. The van der Waals surface area contributed by atoms with Gasteiger partial charge in [0.25, 0.3) is 17.0 Å². The van der Waals surface area contributed by atoms with E-state index in [1.165, 1.54) is 4.68 Å². The molecule has 0 fully saturated rings. The third kappa shape index (κ3) is 3.22. The topological polar surface area (TPSA) is 74.0 Å². The van der Waals surface area contributed by atoms with E-state index in [2.05, 4.69) is 4.98 Å². The number of pyridine rings is 1. The fourth-order valence-electron chi connectivity index (χ4n) is 3.91. The van der Waals surface area contributed by atoms with E-state index in [1.807, 2.05) is 54.6 Å². The molecule has 0 unspecified atom stereocenters. The smallest absolute Gasteiger partial charge is 0.267 e. The normalized spacial score (nSPS) is 11.2. The second-order valence-corrected chi connectivity index (χ2v) is 7.66. The molecule has 32 heavy (non-hydrogen) atoms. The zero-order valence-corrected chi connectivity index (χ0v) is 17.4. The van der Waals surface area contributed by atoms with Crippen molar-refractivity contribution in [2.45, 2.75) is 13.5 Å². The predicted molar refractivity (Wildman–Crippen MR) is 124 cm³/mol. The van der Waals surface area contributed by atoms with Gasteiger partial charge in [-0.3, -0.25) is 14.4 Å². The van der Waals surface area contributed by atoms with Gasteiger partial charge in [-0.15, -0.1) is 0 Å². The van der Waals surface area contributed by atoms with E-state index in [-0.39, 0.29) is 17.4 Å².